The van der Waals surface area contributed by atoms with Crippen LogP contribution in [0.4, 0.5) is 15.8 Å². The summed E-state index contributed by atoms with van der Waals surface area (Å²) in [4.78, 5) is 15.4. The molecule has 0 fully saturated rings. The quantitative estimate of drug-likeness (QED) is 0.528. The second-order valence-corrected chi connectivity index (χ2v) is 5.45. The van der Waals surface area contributed by atoms with Crippen LogP contribution in [0.15, 0.2) is 41.1 Å². The van der Waals surface area contributed by atoms with Crippen molar-refractivity contribution in [1.82, 2.24) is 4.98 Å². The SMILES string of the molecule is CC.Cc1ccc(Nc2c(C(N)=O)oc3cnccc23)c(F)c1.OCCCO. The third-order valence-corrected chi connectivity index (χ3v) is 3.42. The van der Waals surface area contributed by atoms with Crippen LogP contribution in [0.2, 0.25) is 0 Å². The molecule has 152 valence electrons. The maximum absolute atomic E-state index is 14.0. The van der Waals surface area contributed by atoms with Crippen LogP contribution in [-0.4, -0.2) is 34.3 Å². The second-order valence-electron chi connectivity index (χ2n) is 5.45. The summed E-state index contributed by atoms with van der Waals surface area (Å²) in [5.41, 5.74) is 7.09. The Kier molecular flexibility index (Phi) is 9.63. The zero-order valence-corrected chi connectivity index (χ0v) is 16.2. The van der Waals surface area contributed by atoms with E-state index in [4.69, 9.17) is 20.4 Å². The molecule has 3 aromatic rings. The Balaban J connectivity index is 0.000000490. The molecule has 1 aromatic carbocycles. The van der Waals surface area contributed by atoms with Gasteiger partial charge < -0.3 is 25.7 Å². The second kappa shape index (κ2) is 11.7. The number of anilines is 2. The van der Waals surface area contributed by atoms with Gasteiger partial charge >= 0.3 is 0 Å². The van der Waals surface area contributed by atoms with Gasteiger partial charge in [-0.05, 0) is 37.1 Å². The van der Waals surface area contributed by atoms with E-state index >= 15 is 0 Å². The molecule has 3 rings (SSSR count). The Labute approximate surface area is 163 Å². The standard InChI is InChI=1S/C15H12FN3O2.C3H8O2.C2H6/c1-8-2-3-11(10(16)6-8)19-13-9-4-5-18-7-12(9)21-14(13)15(17)20;4-2-1-3-5;1-2/h2-7,19H,1H3,(H2,17,20);4-5H,1-3H2;1-2H3. The van der Waals surface area contributed by atoms with Crippen LogP contribution >= 0.6 is 0 Å². The largest absolute Gasteiger partial charge is 0.447 e. The molecule has 0 aliphatic rings. The number of nitrogens with zero attached hydrogens (tertiary/aromatic N) is 1. The number of halogens is 1. The van der Waals surface area contributed by atoms with Gasteiger partial charge in [-0.3, -0.25) is 9.78 Å². The van der Waals surface area contributed by atoms with Crippen molar-refractivity contribution in [3.05, 3.63) is 53.8 Å². The highest BCUT2D eigenvalue weighted by molar-refractivity contribution is 6.06. The zero-order chi connectivity index (χ0) is 21.1. The van der Waals surface area contributed by atoms with Gasteiger partial charge in [-0.1, -0.05) is 19.9 Å². The first-order valence-corrected chi connectivity index (χ1v) is 8.89. The maximum atomic E-state index is 14.0. The Hall–Kier alpha value is -2.97. The summed E-state index contributed by atoms with van der Waals surface area (Å²) in [6.07, 6.45) is 3.53. The maximum Gasteiger partial charge on any atom is 0.286 e. The molecule has 7 nitrogen and oxygen atoms in total. The van der Waals surface area contributed by atoms with Gasteiger partial charge in [0.1, 0.15) is 5.82 Å². The molecule has 0 radical (unpaired) electrons. The lowest BCUT2D eigenvalue weighted by Gasteiger charge is -2.07. The summed E-state index contributed by atoms with van der Waals surface area (Å²) in [5.74, 6) is -1.21. The number of nitrogens with one attached hydrogen (secondary N) is 1. The lowest BCUT2D eigenvalue weighted by molar-refractivity contribution is 0.0977. The predicted octanol–water partition coefficient (Wildman–Crippen LogP) is 3.51. The highest BCUT2D eigenvalue weighted by Crippen LogP contribution is 2.33. The fraction of sp³-hybridized carbons (Fsp3) is 0.300. The lowest BCUT2D eigenvalue weighted by Crippen LogP contribution is -2.11. The molecule has 0 aliphatic heterocycles. The van der Waals surface area contributed by atoms with E-state index in [0.717, 1.165) is 5.56 Å². The molecular weight excluding hydrogens is 365 g/mol. The van der Waals surface area contributed by atoms with Gasteiger partial charge in [0.25, 0.3) is 5.91 Å². The molecule has 0 atom stereocenters. The number of aromatic nitrogens is 1. The predicted molar refractivity (Wildman–Crippen MR) is 107 cm³/mol. The molecule has 0 spiro atoms. The van der Waals surface area contributed by atoms with E-state index in [1.54, 1.807) is 31.3 Å². The van der Waals surface area contributed by atoms with Crippen molar-refractivity contribution < 1.29 is 23.8 Å². The van der Waals surface area contributed by atoms with Crippen LogP contribution in [0.5, 0.6) is 0 Å². The van der Waals surface area contributed by atoms with Crippen LogP contribution in [0.3, 0.4) is 0 Å². The number of nitrogens with two attached hydrogens (primary N) is 1. The summed E-state index contributed by atoms with van der Waals surface area (Å²) in [7, 11) is 0. The molecule has 28 heavy (non-hydrogen) atoms. The third kappa shape index (κ3) is 6.04. The van der Waals surface area contributed by atoms with Crippen molar-refractivity contribution in [3.63, 3.8) is 0 Å². The Bertz CT molecular complexity index is 894. The molecule has 8 heteroatoms. The van der Waals surface area contributed by atoms with Crippen molar-refractivity contribution in [2.75, 3.05) is 18.5 Å². The highest BCUT2D eigenvalue weighted by Gasteiger charge is 2.19. The van der Waals surface area contributed by atoms with E-state index in [9.17, 15) is 9.18 Å². The number of pyridine rings is 1. The van der Waals surface area contributed by atoms with Crippen LogP contribution in [0, 0.1) is 12.7 Å². The number of hydrogen-bond acceptors (Lipinski definition) is 6. The van der Waals surface area contributed by atoms with Crippen molar-refractivity contribution in [2.24, 2.45) is 5.73 Å². The molecule has 5 N–H and O–H groups in total. The normalized spacial score (nSPS) is 9.79. The Morgan fingerprint density at radius 3 is 2.46 bits per heavy atom. The Morgan fingerprint density at radius 2 is 1.93 bits per heavy atom. The number of carbonyl (C=O) groups excluding carboxylic acids is 1. The summed E-state index contributed by atoms with van der Waals surface area (Å²) in [6, 6.07) is 6.42. The Morgan fingerprint density at radius 1 is 1.25 bits per heavy atom. The van der Waals surface area contributed by atoms with Crippen LogP contribution < -0.4 is 11.1 Å². The van der Waals surface area contributed by atoms with E-state index in [1.165, 1.54) is 12.3 Å². The first kappa shape index (κ1) is 23.1. The number of benzene rings is 1. The van der Waals surface area contributed by atoms with Gasteiger partial charge in [-0.2, -0.15) is 0 Å². The van der Waals surface area contributed by atoms with Gasteiger partial charge in [-0.15, -0.1) is 0 Å². The van der Waals surface area contributed by atoms with Crippen LogP contribution in [-0.2, 0) is 0 Å². The average Bonchev–Trinajstić information content (AvgIpc) is 3.06. The highest BCUT2D eigenvalue weighted by atomic mass is 19.1. The molecule has 2 heterocycles. The zero-order valence-electron chi connectivity index (χ0n) is 16.2. The number of aliphatic hydroxyl groups is 2. The number of carbonyl (C=O) groups is 1. The van der Waals surface area contributed by atoms with E-state index < -0.39 is 11.7 Å². The van der Waals surface area contributed by atoms with E-state index in [0.29, 0.717) is 23.1 Å². The minimum atomic E-state index is -0.735. The molecule has 0 saturated heterocycles. The van der Waals surface area contributed by atoms with Gasteiger partial charge in [0, 0.05) is 24.8 Å². The van der Waals surface area contributed by atoms with Crippen molar-refractivity contribution in [1.29, 1.82) is 0 Å². The molecular formula is C20H26FN3O4. The minimum absolute atomic E-state index is 0.0574. The minimum Gasteiger partial charge on any atom is -0.447 e. The fourth-order valence-corrected chi connectivity index (χ4v) is 2.18. The molecule has 0 saturated carbocycles. The van der Waals surface area contributed by atoms with E-state index in [2.05, 4.69) is 10.3 Å². The molecule has 0 bridgehead atoms. The van der Waals surface area contributed by atoms with E-state index in [-0.39, 0.29) is 24.7 Å². The van der Waals surface area contributed by atoms with Crippen molar-refractivity contribution in [3.8, 4) is 0 Å². The van der Waals surface area contributed by atoms with Crippen LogP contribution in [0.1, 0.15) is 36.4 Å². The number of aliphatic hydroxyl groups excluding tert-OH is 2. The first-order valence-electron chi connectivity index (χ1n) is 8.89. The van der Waals surface area contributed by atoms with E-state index in [1.807, 2.05) is 13.8 Å². The number of rotatable bonds is 5. The summed E-state index contributed by atoms with van der Waals surface area (Å²) in [6.45, 7) is 5.98. The number of hydrogen-bond donors (Lipinski definition) is 4. The van der Waals surface area contributed by atoms with Crippen molar-refractivity contribution >= 4 is 28.3 Å². The number of primary amides is 1. The third-order valence-electron chi connectivity index (χ3n) is 3.42. The molecule has 1 amide bonds. The molecule has 0 unspecified atom stereocenters. The summed E-state index contributed by atoms with van der Waals surface area (Å²) < 4.78 is 19.3. The first-order chi connectivity index (χ1) is 13.5. The van der Waals surface area contributed by atoms with Crippen LogP contribution in [0.25, 0.3) is 11.0 Å². The number of aryl methyl sites for hydroxylation is 1. The summed E-state index contributed by atoms with van der Waals surface area (Å²) in [5, 5.41) is 19.3. The van der Waals surface area contributed by atoms with Gasteiger partial charge in [0.15, 0.2) is 5.58 Å². The average molecular weight is 391 g/mol. The number of amides is 1. The topological polar surface area (TPSA) is 122 Å². The fourth-order valence-electron chi connectivity index (χ4n) is 2.18. The molecule has 0 aliphatic carbocycles. The van der Waals surface area contributed by atoms with Crippen molar-refractivity contribution in [2.45, 2.75) is 27.2 Å². The van der Waals surface area contributed by atoms with Gasteiger partial charge in [0.05, 0.1) is 17.6 Å². The smallest absolute Gasteiger partial charge is 0.286 e. The molecule has 2 aromatic heterocycles. The van der Waals surface area contributed by atoms with Gasteiger partial charge in [0.2, 0.25) is 5.76 Å². The lowest BCUT2D eigenvalue weighted by atomic mass is 10.2. The number of furan rings is 1. The van der Waals surface area contributed by atoms with Gasteiger partial charge in [-0.25, -0.2) is 4.39 Å². The summed E-state index contributed by atoms with van der Waals surface area (Å²) >= 11 is 0. The monoisotopic (exact) mass is 391 g/mol. The number of fused-ring (bicyclic) bond motifs is 1.